The zero-order valence-corrected chi connectivity index (χ0v) is 12.8. The highest BCUT2D eigenvalue weighted by Gasteiger charge is 2.07. The van der Waals surface area contributed by atoms with E-state index in [9.17, 15) is 4.79 Å². The van der Waals surface area contributed by atoms with Crippen LogP contribution in [-0.4, -0.2) is 5.91 Å². The molecule has 0 spiro atoms. The maximum Gasteiger partial charge on any atom is 0.251 e. The van der Waals surface area contributed by atoms with Crippen molar-refractivity contribution in [3.05, 3.63) is 55.1 Å². The van der Waals surface area contributed by atoms with Gasteiger partial charge in [0.1, 0.15) is 0 Å². The van der Waals surface area contributed by atoms with Crippen LogP contribution in [0.3, 0.4) is 0 Å². The molecule has 18 heavy (non-hydrogen) atoms. The molecule has 0 bridgehead atoms. The van der Waals surface area contributed by atoms with Crippen LogP contribution in [0.4, 0.5) is 0 Å². The van der Waals surface area contributed by atoms with E-state index in [-0.39, 0.29) is 5.91 Å². The molecule has 1 aromatic heterocycles. The summed E-state index contributed by atoms with van der Waals surface area (Å²) in [5.74, 6) is -0.0797. The second-order valence-corrected chi connectivity index (χ2v) is 6.62. The normalized spacial score (nSPS) is 10.4. The van der Waals surface area contributed by atoms with Crippen LogP contribution in [0, 0.1) is 6.92 Å². The maximum absolute atomic E-state index is 12.0. The monoisotopic (exact) mass is 343 g/mol. The fourth-order valence-corrected chi connectivity index (χ4v) is 3.22. The van der Waals surface area contributed by atoms with E-state index in [1.54, 1.807) is 0 Å². The van der Waals surface area contributed by atoms with Gasteiger partial charge in [-0.25, -0.2) is 0 Å². The molecule has 0 fully saturated rings. The van der Waals surface area contributed by atoms with Crippen LogP contribution in [0.1, 0.15) is 20.8 Å². The summed E-state index contributed by atoms with van der Waals surface area (Å²) in [6.07, 6.45) is 0. The van der Waals surface area contributed by atoms with Gasteiger partial charge in [-0.3, -0.25) is 4.79 Å². The molecule has 0 radical (unpaired) electrons. The third-order valence-electron chi connectivity index (χ3n) is 2.36. The summed E-state index contributed by atoms with van der Waals surface area (Å²) in [5, 5.41) is 2.88. The number of thiophene rings is 1. The summed E-state index contributed by atoms with van der Waals surface area (Å²) in [7, 11) is 0. The van der Waals surface area contributed by atoms with Gasteiger partial charge in [-0.15, -0.1) is 11.3 Å². The first-order chi connectivity index (χ1) is 8.54. The van der Waals surface area contributed by atoms with Crippen molar-refractivity contribution < 1.29 is 4.79 Å². The van der Waals surface area contributed by atoms with Gasteiger partial charge in [-0.2, -0.15) is 0 Å². The molecule has 0 saturated heterocycles. The van der Waals surface area contributed by atoms with Gasteiger partial charge in [-0.1, -0.05) is 27.5 Å². The van der Waals surface area contributed by atoms with E-state index in [4.69, 9.17) is 11.6 Å². The van der Waals surface area contributed by atoms with E-state index in [2.05, 4.69) is 21.2 Å². The minimum atomic E-state index is -0.0797. The number of amides is 1. The van der Waals surface area contributed by atoms with Crippen LogP contribution >= 0.6 is 38.9 Å². The topological polar surface area (TPSA) is 29.1 Å². The summed E-state index contributed by atoms with van der Waals surface area (Å²) in [4.78, 5) is 13.0. The number of halogens is 2. The first-order valence-electron chi connectivity index (χ1n) is 5.34. The Kier molecular flexibility index (Phi) is 4.43. The Balaban J connectivity index is 2.03. The van der Waals surface area contributed by atoms with Crippen molar-refractivity contribution in [1.82, 2.24) is 5.32 Å². The van der Waals surface area contributed by atoms with Crippen LogP contribution in [0.25, 0.3) is 0 Å². The quantitative estimate of drug-likeness (QED) is 0.878. The number of benzene rings is 1. The average molecular weight is 345 g/mol. The van der Waals surface area contributed by atoms with Crippen LogP contribution in [0.5, 0.6) is 0 Å². The van der Waals surface area contributed by atoms with Gasteiger partial charge < -0.3 is 5.32 Å². The molecule has 2 rings (SSSR count). The Morgan fingerprint density at radius 3 is 2.78 bits per heavy atom. The molecule has 2 aromatic rings. The van der Waals surface area contributed by atoms with Gasteiger partial charge in [0.05, 0.1) is 10.9 Å². The number of rotatable bonds is 3. The highest BCUT2D eigenvalue weighted by molar-refractivity contribution is 9.10. The van der Waals surface area contributed by atoms with E-state index < -0.39 is 0 Å². The van der Waals surface area contributed by atoms with Gasteiger partial charge in [0.15, 0.2) is 0 Å². The van der Waals surface area contributed by atoms with E-state index in [1.807, 2.05) is 37.3 Å². The summed E-state index contributed by atoms with van der Waals surface area (Å²) in [6.45, 7) is 2.46. The first-order valence-corrected chi connectivity index (χ1v) is 7.33. The minimum Gasteiger partial charge on any atom is -0.347 e. The van der Waals surface area contributed by atoms with E-state index in [1.165, 1.54) is 11.3 Å². The summed E-state index contributed by atoms with van der Waals surface area (Å²) in [6, 6.07) is 9.39. The van der Waals surface area contributed by atoms with E-state index in [0.29, 0.717) is 12.1 Å². The fourth-order valence-electron chi connectivity index (χ4n) is 1.58. The second-order valence-electron chi connectivity index (χ2n) is 3.91. The zero-order valence-electron chi connectivity index (χ0n) is 9.67. The van der Waals surface area contributed by atoms with Gasteiger partial charge in [0, 0.05) is 14.9 Å². The molecule has 2 nitrogen and oxygen atoms in total. The molecule has 0 aliphatic heterocycles. The second kappa shape index (κ2) is 5.87. The van der Waals surface area contributed by atoms with Crippen molar-refractivity contribution in [3.63, 3.8) is 0 Å². The van der Waals surface area contributed by atoms with Crippen LogP contribution in [-0.2, 0) is 6.54 Å². The highest BCUT2D eigenvalue weighted by atomic mass is 79.9. The SMILES string of the molecule is Cc1cc(Br)cc(C(=O)NCc2ccc(Cl)s2)c1. The Bertz CT molecular complexity index is 562. The molecular formula is C13H11BrClNOS. The molecule has 1 aromatic carbocycles. The molecule has 1 N–H and O–H groups in total. The lowest BCUT2D eigenvalue weighted by molar-refractivity contribution is 0.0951. The van der Waals surface area contributed by atoms with Crippen LogP contribution < -0.4 is 5.32 Å². The predicted molar refractivity (Wildman–Crippen MR) is 79.4 cm³/mol. The standard InChI is InChI=1S/C13H11BrClNOS/c1-8-4-9(6-10(14)5-8)13(17)16-7-11-2-3-12(15)18-11/h2-6H,7H2,1H3,(H,16,17). The molecule has 0 aliphatic rings. The average Bonchev–Trinajstić information content (AvgIpc) is 2.70. The van der Waals surface area contributed by atoms with Crippen molar-refractivity contribution in [2.45, 2.75) is 13.5 Å². The van der Waals surface area contributed by atoms with Gasteiger partial charge in [0.2, 0.25) is 0 Å². The van der Waals surface area contributed by atoms with Crippen molar-refractivity contribution in [2.75, 3.05) is 0 Å². The number of hydrogen-bond acceptors (Lipinski definition) is 2. The third kappa shape index (κ3) is 3.57. The summed E-state index contributed by atoms with van der Waals surface area (Å²) >= 11 is 10.7. The molecule has 0 unspecified atom stereocenters. The van der Waals surface area contributed by atoms with Gasteiger partial charge in [0.25, 0.3) is 5.91 Å². The fraction of sp³-hybridized carbons (Fsp3) is 0.154. The lowest BCUT2D eigenvalue weighted by atomic mass is 10.1. The zero-order chi connectivity index (χ0) is 13.1. The van der Waals surface area contributed by atoms with Crippen molar-refractivity contribution in [3.8, 4) is 0 Å². The Hall–Kier alpha value is -0.840. The van der Waals surface area contributed by atoms with Crippen LogP contribution in [0.2, 0.25) is 4.34 Å². The van der Waals surface area contributed by atoms with E-state index in [0.717, 1.165) is 19.2 Å². The number of carbonyl (C=O) groups excluding carboxylic acids is 1. The van der Waals surface area contributed by atoms with Gasteiger partial charge >= 0.3 is 0 Å². The summed E-state index contributed by atoms with van der Waals surface area (Å²) in [5.41, 5.74) is 1.71. The molecule has 1 amide bonds. The van der Waals surface area contributed by atoms with E-state index >= 15 is 0 Å². The Labute approximate surface area is 123 Å². The largest absolute Gasteiger partial charge is 0.347 e. The molecule has 0 saturated carbocycles. The molecule has 5 heteroatoms. The molecule has 0 aliphatic carbocycles. The highest BCUT2D eigenvalue weighted by Crippen LogP contribution is 2.21. The molecule has 94 valence electrons. The van der Waals surface area contributed by atoms with Crippen molar-refractivity contribution in [1.29, 1.82) is 0 Å². The smallest absolute Gasteiger partial charge is 0.251 e. The van der Waals surface area contributed by atoms with Gasteiger partial charge in [-0.05, 0) is 42.8 Å². The lowest BCUT2D eigenvalue weighted by Crippen LogP contribution is -2.22. The Morgan fingerprint density at radius 2 is 2.17 bits per heavy atom. The molecule has 0 atom stereocenters. The van der Waals surface area contributed by atoms with Crippen molar-refractivity contribution in [2.24, 2.45) is 0 Å². The molecule has 1 heterocycles. The predicted octanol–water partition coefficient (Wildman–Crippen LogP) is 4.40. The minimum absolute atomic E-state index is 0.0797. The number of hydrogen-bond donors (Lipinski definition) is 1. The maximum atomic E-state index is 12.0. The summed E-state index contributed by atoms with van der Waals surface area (Å²) < 4.78 is 1.64. The first kappa shape index (κ1) is 13.6. The lowest BCUT2D eigenvalue weighted by Gasteiger charge is -2.05. The number of carbonyl (C=O) groups is 1. The molecular weight excluding hydrogens is 334 g/mol. The third-order valence-corrected chi connectivity index (χ3v) is 4.05. The number of aryl methyl sites for hydroxylation is 1. The van der Waals surface area contributed by atoms with Crippen molar-refractivity contribution >= 4 is 44.8 Å². The van der Waals surface area contributed by atoms with Crippen LogP contribution in [0.15, 0.2) is 34.8 Å². The Morgan fingerprint density at radius 1 is 1.39 bits per heavy atom. The number of nitrogens with one attached hydrogen (secondary N) is 1.